The third-order valence-electron chi connectivity index (χ3n) is 2.84. The number of aromatic nitrogens is 2. The van der Waals surface area contributed by atoms with Gasteiger partial charge in [0, 0.05) is 19.3 Å². The zero-order valence-corrected chi connectivity index (χ0v) is 13.0. The van der Waals surface area contributed by atoms with Crippen LogP contribution in [-0.4, -0.2) is 23.1 Å². The van der Waals surface area contributed by atoms with Crippen molar-refractivity contribution in [1.82, 2.24) is 9.97 Å². The molecular formula is C13H23BrN4. The van der Waals surface area contributed by atoms with E-state index in [0.717, 1.165) is 10.3 Å². The average molecular weight is 315 g/mol. The van der Waals surface area contributed by atoms with Crippen molar-refractivity contribution in [3.63, 3.8) is 0 Å². The van der Waals surface area contributed by atoms with Crippen molar-refractivity contribution < 1.29 is 0 Å². The summed E-state index contributed by atoms with van der Waals surface area (Å²) < 4.78 is 0.905. The highest BCUT2D eigenvalue weighted by Gasteiger charge is 2.07. The molecule has 4 nitrogen and oxygen atoms in total. The standard InChI is InChI=1S/C13H23BrN4/c1-4-5-6-7-8-10(2)17-12-11(14)9-16-13(15-3)18-12/h9-10H,4-8H2,1-3H3,(H2,15,16,17,18). The minimum absolute atomic E-state index is 0.428. The summed E-state index contributed by atoms with van der Waals surface area (Å²) in [5.74, 6) is 1.50. The molecule has 1 rings (SSSR count). The van der Waals surface area contributed by atoms with Gasteiger partial charge >= 0.3 is 0 Å². The second kappa shape index (κ2) is 8.29. The zero-order valence-electron chi connectivity index (χ0n) is 11.5. The Morgan fingerprint density at radius 1 is 1.33 bits per heavy atom. The van der Waals surface area contributed by atoms with Gasteiger partial charge in [0.15, 0.2) is 0 Å². The number of nitrogens with one attached hydrogen (secondary N) is 2. The molecule has 1 atom stereocenters. The van der Waals surface area contributed by atoms with Crippen molar-refractivity contribution in [2.24, 2.45) is 0 Å². The summed E-state index contributed by atoms with van der Waals surface area (Å²) in [5, 5.41) is 6.37. The van der Waals surface area contributed by atoms with E-state index in [-0.39, 0.29) is 0 Å². The number of unbranched alkanes of at least 4 members (excludes halogenated alkanes) is 3. The summed E-state index contributed by atoms with van der Waals surface area (Å²) in [5.41, 5.74) is 0. The molecule has 2 N–H and O–H groups in total. The van der Waals surface area contributed by atoms with Gasteiger partial charge in [-0.2, -0.15) is 4.98 Å². The van der Waals surface area contributed by atoms with E-state index >= 15 is 0 Å². The van der Waals surface area contributed by atoms with Crippen molar-refractivity contribution >= 4 is 27.7 Å². The molecular weight excluding hydrogens is 292 g/mol. The third-order valence-corrected chi connectivity index (χ3v) is 3.42. The van der Waals surface area contributed by atoms with E-state index in [1.165, 1.54) is 32.1 Å². The second-order valence-electron chi connectivity index (χ2n) is 4.53. The quantitative estimate of drug-likeness (QED) is 0.711. The van der Waals surface area contributed by atoms with Crippen LogP contribution >= 0.6 is 15.9 Å². The minimum Gasteiger partial charge on any atom is -0.367 e. The van der Waals surface area contributed by atoms with Crippen molar-refractivity contribution in [2.75, 3.05) is 17.7 Å². The van der Waals surface area contributed by atoms with Gasteiger partial charge in [0.25, 0.3) is 0 Å². The first-order valence-electron chi connectivity index (χ1n) is 6.64. The summed E-state index contributed by atoms with van der Waals surface area (Å²) in [7, 11) is 1.82. The van der Waals surface area contributed by atoms with Gasteiger partial charge in [0.2, 0.25) is 5.95 Å². The highest BCUT2D eigenvalue weighted by Crippen LogP contribution is 2.21. The highest BCUT2D eigenvalue weighted by atomic mass is 79.9. The molecule has 0 aliphatic heterocycles. The Kier molecular flexibility index (Phi) is 7.01. The Morgan fingerprint density at radius 2 is 2.11 bits per heavy atom. The number of hydrogen-bond donors (Lipinski definition) is 2. The molecule has 0 bridgehead atoms. The molecule has 1 aromatic rings. The summed E-state index contributed by atoms with van der Waals surface area (Å²) >= 11 is 3.47. The van der Waals surface area contributed by atoms with Gasteiger partial charge in [0.05, 0.1) is 4.47 Å². The average Bonchev–Trinajstić information content (AvgIpc) is 2.37. The van der Waals surface area contributed by atoms with E-state index in [1.807, 2.05) is 7.05 Å². The number of rotatable bonds is 8. The van der Waals surface area contributed by atoms with Crippen molar-refractivity contribution in [3.05, 3.63) is 10.7 Å². The van der Waals surface area contributed by atoms with E-state index in [2.05, 4.69) is 50.4 Å². The van der Waals surface area contributed by atoms with Crippen LogP contribution in [0.1, 0.15) is 46.0 Å². The number of halogens is 1. The monoisotopic (exact) mass is 314 g/mol. The fourth-order valence-corrected chi connectivity index (χ4v) is 2.08. The maximum Gasteiger partial charge on any atom is 0.224 e. The first-order valence-corrected chi connectivity index (χ1v) is 7.43. The largest absolute Gasteiger partial charge is 0.367 e. The molecule has 0 radical (unpaired) electrons. The van der Waals surface area contributed by atoms with Crippen LogP contribution < -0.4 is 10.6 Å². The van der Waals surface area contributed by atoms with E-state index in [9.17, 15) is 0 Å². The molecule has 0 saturated carbocycles. The van der Waals surface area contributed by atoms with Gasteiger partial charge in [-0.15, -0.1) is 0 Å². The Morgan fingerprint density at radius 3 is 2.78 bits per heavy atom. The molecule has 1 unspecified atom stereocenters. The molecule has 1 heterocycles. The Balaban J connectivity index is 2.45. The van der Waals surface area contributed by atoms with Crippen molar-refractivity contribution in [1.29, 1.82) is 0 Å². The topological polar surface area (TPSA) is 49.8 Å². The van der Waals surface area contributed by atoms with Crippen molar-refractivity contribution in [3.8, 4) is 0 Å². The molecule has 0 aromatic carbocycles. The van der Waals surface area contributed by atoms with Crippen LogP contribution in [0.4, 0.5) is 11.8 Å². The molecule has 1 aromatic heterocycles. The summed E-state index contributed by atoms with van der Waals surface area (Å²) in [6.07, 6.45) is 8.13. The minimum atomic E-state index is 0.428. The van der Waals surface area contributed by atoms with Gasteiger partial charge in [-0.05, 0) is 29.3 Å². The number of hydrogen-bond acceptors (Lipinski definition) is 4. The zero-order chi connectivity index (χ0) is 13.4. The molecule has 0 fully saturated rings. The summed E-state index contributed by atoms with van der Waals surface area (Å²) in [4.78, 5) is 8.54. The lowest BCUT2D eigenvalue weighted by Gasteiger charge is -2.15. The van der Waals surface area contributed by atoms with Gasteiger partial charge in [0.1, 0.15) is 5.82 Å². The highest BCUT2D eigenvalue weighted by molar-refractivity contribution is 9.10. The summed E-state index contributed by atoms with van der Waals surface area (Å²) in [6, 6.07) is 0.428. The maximum absolute atomic E-state index is 4.39. The molecule has 0 aliphatic carbocycles. The normalized spacial score (nSPS) is 12.2. The Hall–Kier alpha value is -0.840. The van der Waals surface area contributed by atoms with Gasteiger partial charge in [-0.3, -0.25) is 0 Å². The SMILES string of the molecule is CCCCCCC(C)Nc1nc(NC)ncc1Br. The number of anilines is 2. The van der Waals surface area contributed by atoms with Crippen LogP contribution in [0.5, 0.6) is 0 Å². The van der Waals surface area contributed by atoms with Crippen LogP contribution in [-0.2, 0) is 0 Å². The van der Waals surface area contributed by atoms with Gasteiger partial charge in [-0.25, -0.2) is 4.98 Å². The predicted molar refractivity (Wildman–Crippen MR) is 81.1 cm³/mol. The van der Waals surface area contributed by atoms with Gasteiger partial charge < -0.3 is 10.6 Å². The molecule has 0 aliphatic rings. The first kappa shape index (κ1) is 15.2. The van der Waals surface area contributed by atoms with Crippen LogP contribution in [0.15, 0.2) is 10.7 Å². The van der Waals surface area contributed by atoms with E-state index in [0.29, 0.717) is 12.0 Å². The molecule has 18 heavy (non-hydrogen) atoms. The molecule has 0 amide bonds. The van der Waals surface area contributed by atoms with Crippen LogP contribution in [0, 0.1) is 0 Å². The third kappa shape index (κ3) is 5.21. The second-order valence-corrected chi connectivity index (χ2v) is 5.39. The molecule has 0 saturated heterocycles. The van der Waals surface area contributed by atoms with Crippen LogP contribution in [0.3, 0.4) is 0 Å². The Bertz CT molecular complexity index is 357. The molecule has 5 heteroatoms. The molecule has 0 spiro atoms. The fraction of sp³-hybridized carbons (Fsp3) is 0.692. The lowest BCUT2D eigenvalue weighted by atomic mass is 10.1. The number of nitrogens with zero attached hydrogens (tertiary/aromatic N) is 2. The fourth-order valence-electron chi connectivity index (χ4n) is 1.77. The molecule has 102 valence electrons. The Labute approximate surface area is 118 Å². The van der Waals surface area contributed by atoms with E-state index < -0.39 is 0 Å². The predicted octanol–water partition coefficient (Wildman–Crippen LogP) is 4.05. The van der Waals surface area contributed by atoms with Crippen LogP contribution in [0.2, 0.25) is 0 Å². The van der Waals surface area contributed by atoms with Crippen molar-refractivity contribution in [2.45, 2.75) is 52.0 Å². The summed E-state index contributed by atoms with van der Waals surface area (Å²) in [6.45, 7) is 4.43. The van der Waals surface area contributed by atoms with E-state index in [1.54, 1.807) is 6.20 Å². The maximum atomic E-state index is 4.39. The lowest BCUT2D eigenvalue weighted by molar-refractivity contribution is 0.593. The first-order chi connectivity index (χ1) is 8.67. The smallest absolute Gasteiger partial charge is 0.224 e. The van der Waals surface area contributed by atoms with Crippen LogP contribution in [0.25, 0.3) is 0 Å². The lowest BCUT2D eigenvalue weighted by Crippen LogP contribution is -2.17. The van der Waals surface area contributed by atoms with Gasteiger partial charge in [-0.1, -0.05) is 32.6 Å². The van der Waals surface area contributed by atoms with E-state index in [4.69, 9.17) is 0 Å².